The highest BCUT2D eigenvalue weighted by atomic mass is 19.4. The Morgan fingerprint density at radius 3 is 2.78 bits per heavy atom. The first-order chi connectivity index (χ1) is 8.36. The minimum absolute atomic E-state index is 0.117. The van der Waals surface area contributed by atoms with Crippen LogP contribution in [-0.4, -0.2) is 26.7 Å². The van der Waals surface area contributed by atoms with Gasteiger partial charge in [0.1, 0.15) is 6.54 Å². The lowest BCUT2D eigenvalue weighted by Crippen LogP contribution is -2.22. The molecule has 0 aliphatic rings. The van der Waals surface area contributed by atoms with Crippen LogP contribution in [0, 0.1) is 6.92 Å². The quantitative estimate of drug-likeness (QED) is 0.790. The second-order valence-corrected chi connectivity index (χ2v) is 3.63. The molecule has 0 radical (unpaired) electrons. The molecular weight excluding hydrogens is 251 g/mol. The highest BCUT2D eigenvalue weighted by Crippen LogP contribution is 2.21. The van der Waals surface area contributed by atoms with Crippen molar-refractivity contribution in [2.24, 2.45) is 0 Å². The van der Waals surface area contributed by atoms with Crippen molar-refractivity contribution in [2.45, 2.75) is 19.6 Å². The van der Waals surface area contributed by atoms with Gasteiger partial charge in [-0.05, 0) is 13.0 Å². The number of Topliss-reactive ketones (excluding diaryl/α,β-unsaturated/α-hetero) is 1. The van der Waals surface area contributed by atoms with E-state index in [0.29, 0.717) is 5.82 Å². The first kappa shape index (κ1) is 12.3. The molecule has 2 heterocycles. The average molecular weight is 259 g/mol. The fraction of sp³-hybridized carbons (Fsp3) is 0.300. The van der Waals surface area contributed by atoms with Gasteiger partial charge in [-0.3, -0.25) is 4.79 Å². The van der Waals surface area contributed by atoms with E-state index in [1.807, 2.05) is 0 Å². The summed E-state index contributed by atoms with van der Waals surface area (Å²) in [6.07, 6.45) is -2.43. The number of hydrogen-bond acceptors (Lipinski definition) is 4. The number of rotatable bonds is 3. The number of aryl methyl sites for hydroxylation is 1. The van der Waals surface area contributed by atoms with Crippen molar-refractivity contribution in [3.63, 3.8) is 0 Å². The van der Waals surface area contributed by atoms with E-state index in [4.69, 9.17) is 4.52 Å². The summed E-state index contributed by atoms with van der Waals surface area (Å²) < 4.78 is 42.7. The maximum atomic E-state index is 12.2. The second kappa shape index (κ2) is 4.28. The molecule has 0 aliphatic carbocycles. The van der Waals surface area contributed by atoms with Crippen LogP contribution >= 0.6 is 0 Å². The molecule has 8 heteroatoms. The van der Waals surface area contributed by atoms with Gasteiger partial charge in [0, 0.05) is 18.0 Å². The second-order valence-electron chi connectivity index (χ2n) is 3.63. The molecule has 18 heavy (non-hydrogen) atoms. The van der Waals surface area contributed by atoms with Crippen molar-refractivity contribution in [2.75, 3.05) is 0 Å². The first-order valence-electron chi connectivity index (χ1n) is 4.93. The lowest BCUT2D eigenvalue weighted by molar-refractivity contribution is -0.0885. The predicted molar refractivity (Wildman–Crippen MR) is 53.0 cm³/mol. The lowest BCUT2D eigenvalue weighted by Gasteiger charge is -2.02. The highest BCUT2D eigenvalue weighted by molar-refractivity contribution is 6.00. The number of ketones is 1. The van der Waals surface area contributed by atoms with Crippen LogP contribution in [0.3, 0.4) is 0 Å². The number of carbonyl (C=O) groups excluding carboxylic acids is 1. The number of aromatic nitrogens is 3. The number of nitrogens with zero attached hydrogens (tertiary/aromatic N) is 3. The number of alkyl halides is 3. The van der Waals surface area contributed by atoms with E-state index in [9.17, 15) is 18.0 Å². The van der Waals surface area contributed by atoms with Gasteiger partial charge in [-0.25, -0.2) is 0 Å². The van der Waals surface area contributed by atoms with Gasteiger partial charge >= 0.3 is 6.18 Å². The Bertz CT molecular complexity index is 571. The molecule has 0 saturated heterocycles. The molecule has 2 aromatic heterocycles. The van der Waals surface area contributed by atoms with E-state index in [-0.39, 0.29) is 12.4 Å². The van der Waals surface area contributed by atoms with Crippen LogP contribution in [0.25, 0.3) is 0 Å². The summed E-state index contributed by atoms with van der Waals surface area (Å²) >= 11 is 0. The van der Waals surface area contributed by atoms with Gasteiger partial charge in [-0.15, -0.1) is 0 Å². The summed E-state index contributed by atoms with van der Waals surface area (Å²) in [6, 6.07) is 1.10. The molecule has 5 nitrogen and oxygen atoms in total. The standard InChI is InChI=1S/C10H8F3N3O2/c1-6-14-8(18-15-6)5-16-3-2-7(4-16)9(17)10(11,12)13/h2-4H,5H2,1H3. The first-order valence-corrected chi connectivity index (χ1v) is 4.93. The smallest absolute Gasteiger partial charge is 0.344 e. The molecule has 0 unspecified atom stereocenters. The molecule has 0 atom stereocenters. The third-order valence-electron chi connectivity index (χ3n) is 2.16. The Kier molecular flexibility index (Phi) is 2.93. The van der Waals surface area contributed by atoms with Crippen LogP contribution in [0.1, 0.15) is 22.1 Å². The van der Waals surface area contributed by atoms with Gasteiger partial charge in [-0.1, -0.05) is 5.16 Å². The largest absolute Gasteiger partial charge is 0.454 e. The van der Waals surface area contributed by atoms with E-state index < -0.39 is 17.5 Å². The summed E-state index contributed by atoms with van der Waals surface area (Å²) in [6.45, 7) is 1.74. The third kappa shape index (κ3) is 2.58. The number of halogens is 3. The van der Waals surface area contributed by atoms with Gasteiger partial charge in [-0.2, -0.15) is 18.2 Å². The maximum absolute atomic E-state index is 12.2. The van der Waals surface area contributed by atoms with Crippen molar-refractivity contribution in [1.29, 1.82) is 0 Å². The van der Waals surface area contributed by atoms with Crippen molar-refractivity contribution in [1.82, 2.24) is 14.7 Å². The van der Waals surface area contributed by atoms with Gasteiger partial charge in [0.2, 0.25) is 5.89 Å². The van der Waals surface area contributed by atoms with Crippen molar-refractivity contribution in [3.05, 3.63) is 35.7 Å². The van der Waals surface area contributed by atoms with E-state index in [2.05, 4.69) is 10.1 Å². The molecular formula is C10H8F3N3O2. The Balaban J connectivity index is 2.14. The van der Waals surface area contributed by atoms with Gasteiger partial charge in [0.25, 0.3) is 5.78 Å². The minimum atomic E-state index is -4.87. The molecule has 0 aliphatic heterocycles. The summed E-state index contributed by atoms with van der Waals surface area (Å²) in [5, 5.41) is 3.55. The molecule has 2 rings (SSSR count). The van der Waals surface area contributed by atoms with Gasteiger partial charge in [0.05, 0.1) is 0 Å². The van der Waals surface area contributed by atoms with Crippen LogP contribution in [0.15, 0.2) is 23.0 Å². The van der Waals surface area contributed by atoms with Crippen LogP contribution in [0.4, 0.5) is 13.2 Å². The van der Waals surface area contributed by atoms with Crippen LogP contribution in [0.2, 0.25) is 0 Å². The topological polar surface area (TPSA) is 60.9 Å². The van der Waals surface area contributed by atoms with E-state index in [0.717, 1.165) is 12.3 Å². The number of carbonyl (C=O) groups is 1. The summed E-state index contributed by atoms with van der Waals surface area (Å²) in [4.78, 5) is 14.8. The van der Waals surface area contributed by atoms with Crippen LogP contribution < -0.4 is 0 Å². The minimum Gasteiger partial charge on any atom is -0.344 e. The van der Waals surface area contributed by atoms with Gasteiger partial charge < -0.3 is 9.09 Å². The fourth-order valence-corrected chi connectivity index (χ4v) is 1.40. The fourth-order valence-electron chi connectivity index (χ4n) is 1.40. The Morgan fingerprint density at radius 1 is 1.50 bits per heavy atom. The Labute approximate surface area is 99.2 Å². The monoisotopic (exact) mass is 259 g/mol. The summed E-state index contributed by atoms with van der Waals surface area (Å²) in [5.74, 6) is -1.18. The van der Waals surface area contributed by atoms with Crippen molar-refractivity contribution in [3.8, 4) is 0 Å². The lowest BCUT2D eigenvalue weighted by atomic mass is 10.2. The molecule has 0 amide bonds. The molecule has 0 aromatic carbocycles. The van der Waals surface area contributed by atoms with Crippen LogP contribution in [-0.2, 0) is 6.54 Å². The van der Waals surface area contributed by atoms with Crippen molar-refractivity contribution < 1.29 is 22.5 Å². The molecule has 2 aromatic rings. The van der Waals surface area contributed by atoms with E-state index >= 15 is 0 Å². The molecule has 96 valence electrons. The summed E-state index contributed by atoms with van der Waals surface area (Å²) in [7, 11) is 0. The third-order valence-corrected chi connectivity index (χ3v) is 2.16. The zero-order chi connectivity index (χ0) is 13.3. The molecule has 0 bridgehead atoms. The van der Waals surface area contributed by atoms with Crippen molar-refractivity contribution >= 4 is 5.78 Å². The predicted octanol–water partition coefficient (Wildman–Crippen LogP) is 1.97. The Morgan fingerprint density at radius 2 is 2.22 bits per heavy atom. The zero-order valence-electron chi connectivity index (χ0n) is 9.23. The normalized spacial score (nSPS) is 11.8. The van der Waals surface area contributed by atoms with Crippen LogP contribution in [0.5, 0.6) is 0 Å². The molecule has 0 N–H and O–H groups in total. The highest BCUT2D eigenvalue weighted by Gasteiger charge is 2.39. The average Bonchev–Trinajstić information content (AvgIpc) is 2.86. The number of hydrogen-bond donors (Lipinski definition) is 0. The summed E-state index contributed by atoms with van der Waals surface area (Å²) in [5.41, 5.74) is -0.418. The molecule has 0 saturated carbocycles. The molecule has 0 fully saturated rings. The van der Waals surface area contributed by atoms with E-state index in [1.54, 1.807) is 6.92 Å². The molecule has 0 spiro atoms. The van der Waals surface area contributed by atoms with E-state index in [1.165, 1.54) is 10.8 Å². The SMILES string of the molecule is Cc1noc(Cn2ccc(C(=O)C(F)(F)F)c2)n1. The van der Waals surface area contributed by atoms with Gasteiger partial charge in [0.15, 0.2) is 5.82 Å². The zero-order valence-corrected chi connectivity index (χ0v) is 9.23. The Hall–Kier alpha value is -2.12. The maximum Gasteiger partial charge on any atom is 0.454 e.